The fraction of sp³-hybridized carbons (Fsp3) is 0.800. The van der Waals surface area contributed by atoms with Gasteiger partial charge in [-0.15, -0.1) is 0 Å². The molecule has 2 N–H and O–H groups in total. The monoisotopic (exact) mass is 135 g/mol. The molecule has 0 aromatic carbocycles. The van der Waals surface area contributed by atoms with E-state index in [1.807, 2.05) is 0 Å². The van der Waals surface area contributed by atoms with Crippen molar-refractivity contribution in [1.29, 1.82) is 0 Å². The topological polar surface area (TPSA) is 52.3 Å². The van der Waals surface area contributed by atoms with E-state index in [0.717, 1.165) is 6.92 Å². The van der Waals surface area contributed by atoms with Gasteiger partial charge in [0, 0.05) is 6.54 Å². The van der Waals surface area contributed by atoms with Gasteiger partial charge in [0.25, 0.3) is 0 Å². The average molecular weight is 135 g/mol. The second-order valence-electron chi connectivity index (χ2n) is 1.57. The predicted molar refractivity (Wildman–Crippen MR) is 30.6 cm³/mol. The van der Waals surface area contributed by atoms with Crippen molar-refractivity contribution in [2.24, 2.45) is 5.73 Å². The SMILES string of the molecule is C[C@H](F)C(=O)OCCN. The number of halogens is 1. The van der Waals surface area contributed by atoms with Gasteiger partial charge >= 0.3 is 5.97 Å². The molecule has 0 aromatic rings. The fourth-order valence-electron chi connectivity index (χ4n) is 0.274. The van der Waals surface area contributed by atoms with Crippen molar-refractivity contribution in [2.75, 3.05) is 13.2 Å². The molecule has 0 amide bonds. The van der Waals surface area contributed by atoms with Gasteiger partial charge in [0.1, 0.15) is 6.61 Å². The van der Waals surface area contributed by atoms with Gasteiger partial charge in [0.05, 0.1) is 0 Å². The van der Waals surface area contributed by atoms with Crippen LogP contribution in [0.1, 0.15) is 6.92 Å². The van der Waals surface area contributed by atoms with Crippen LogP contribution in [-0.2, 0) is 9.53 Å². The van der Waals surface area contributed by atoms with Crippen LogP contribution in [0.2, 0.25) is 0 Å². The van der Waals surface area contributed by atoms with E-state index in [0.29, 0.717) is 0 Å². The van der Waals surface area contributed by atoms with E-state index in [-0.39, 0.29) is 13.2 Å². The van der Waals surface area contributed by atoms with Crippen molar-refractivity contribution in [1.82, 2.24) is 0 Å². The Labute approximate surface area is 53.0 Å². The average Bonchev–Trinajstić information content (AvgIpc) is 1.82. The Morgan fingerprint density at radius 1 is 1.89 bits per heavy atom. The second kappa shape index (κ2) is 4.26. The Morgan fingerprint density at radius 3 is 2.78 bits per heavy atom. The van der Waals surface area contributed by atoms with Gasteiger partial charge in [-0.25, -0.2) is 9.18 Å². The summed E-state index contributed by atoms with van der Waals surface area (Å²) in [5.74, 6) is -0.847. The molecule has 9 heavy (non-hydrogen) atoms. The Balaban J connectivity index is 3.28. The highest BCUT2D eigenvalue weighted by molar-refractivity contribution is 5.73. The lowest BCUT2D eigenvalue weighted by atomic mass is 10.4. The van der Waals surface area contributed by atoms with Gasteiger partial charge in [-0.05, 0) is 6.92 Å². The third-order valence-corrected chi connectivity index (χ3v) is 0.687. The van der Waals surface area contributed by atoms with Crippen molar-refractivity contribution in [2.45, 2.75) is 13.1 Å². The molecule has 0 radical (unpaired) electrons. The molecule has 54 valence electrons. The maximum atomic E-state index is 11.9. The van der Waals surface area contributed by atoms with Crippen molar-refractivity contribution in [3.05, 3.63) is 0 Å². The van der Waals surface area contributed by atoms with Crippen molar-refractivity contribution < 1.29 is 13.9 Å². The molecule has 0 saturated carbocycles. The van der Waals surface area contributed by atoms with Gasteiger partial charge in [-0.2, -0.15) is 0 Å². The lowest BCUT2D eigenvalue weighted by molar-refractivity contribution is -0.148. The smallest absolute Gasteiger partial charge is 0.340 e. The van der Waals surface area contributed by atoms with Crippen molar-refractivity contribution >= 4 is 5.97 Å². The van der Waals surface area contributed by atoms with E-state index in [1.165, 1.54) is 0 Å². The normalized spacial score (nSPS) is 12.8. The first-order chi connectivity index (χ1) is 4.18. The molecule has 0 spiro atoms. The fourth-order valence-corrected chi connectivity index (χ4v) is 0.274. The minimum atomic E-state index is -1.54. The minimum absolute atomic E-state index is 0.0904. The summed E-state index contributed by atoms with van der Waals surface area (Å²) in [4.78, 5) is 10.2. The summed E-state index contributed by atoms with van der Waals surface area (Å²) in [6.45, 7) is 1.45. The van der Waals surface area contributed by atoms with E-state index in [2.05, 4.69) is 4.74 Å². The first kappa shape index (κ1) is 8.36. The number of carbonyl (C=O) groups excluding carboxylic acids is 1. The Bertz CT molecular complexity index is 95.0. The Kier molecular flexibility index (Phi) is 3.96. The van der Waals surface area contributed by atoms with Crippen LogP contribution in [0.25, 0.3) is 0 Å². The van der Waals surface area contributed by atoms with Crippen LogP contribution >= 0.6 is 0 Å². The molecule has 0 fully saturated rings. The highest BCUT2D eigenvalue weighted by atomic mass is 19.1. The van der Waals surface area contributed by atoms with Crippen LogP contribution in [0, 0.1) is 0 Å². The molecule has 1 atom stereocenters. The van der Waals surface area contributed by atoms with Crippen LogP contribution in [0.15, 0.2) is 0 Å². The Morgan fingerprint density at radius 2 is 2.44 bits per heavy atom. The third-order valence-electron chi connectivity index (χ3n) is 0.687. The minimum Gasteiger partial charge on any atom is -0.462 e. The maximum absolute atomic E-state index is 11.9. The van der Waals surface area contributed by atoms with E-state index in [1.54, 1.807) is 0 Å². The van der Waals surface area contributed by atoms with Gasteiger partial charge in [0.2, 0.25) is 0 Å². The highest BCUT2D eigenvalue weighted by Crippen LogP contribution is 1.90. The molecular formula is C5H10FNO2. The van der Waals surface area contributed by atoms with Crippen LogP contribution in [0.3, 0.4) is 0 Å². The number of esters is 1. The molecule has 3 nitrogen and oxygen atoms in total. The van der Waals surface area contributed by atoms with Crippen LogP contribution in [0.4, 0.5) is 4.39 Å². The number of ether oxygens (including phenoxy) is 1. The quantitative estimate of drug-likeness (QED) is 0.547. The van der Waals surface area contributed by atoms with Crippen molar-refractivity contribution in [3.63, 3.8) is 0 Å². The maximum Gasteiger partial charge on any atom is 0.340 e. The van der Waals surface area contributed by atoms with Crippen LogP contribution in [-0.4, -0.2) is 25.3 Å². The molecule has 0 bridgehead atoms. The molecule has 0 rings (SSSR count). The van der Waals surface area contributed by atoms with Crippen LogP contribution in [0.5, 0.6) is 0 Å². The van der Waals surface area contributed by atoms with Gasteiger partial charge in [-0.1, -0.05) is 0 Å². The van der Waals surface area contributed by atoms with Crippen LogP contribution < -0.4 is 5.73 Å². The lowest BCUT2D eigenvalue weighted by Crippen LogP contribution is -2.19. The van der Waals surface area contributed by atoms with Crippen molar-refractivity contribution in [3.8, 4) is 0 Å². The zero-order valence-electron chi connectivity index (χ0n) is 5.26. The molecule has 0 aliphatic rings. The number of hydrogen-bond acceptors (Lipinski definition) is 3. The summed E-state index contributed by atoms with van der Waals surface area (Å²) >= 11 is 0. The molecule has 4 heteroatoms. The summed E-state index contributed by atoms with van der Waals surface area (Å²) in [6.07, 6.45) is -1.54. The van der Waals surface area contributed by atoms with E-state index >= 15 is 0 Å². The number of alkyl halides is 1. The second-order valence-corrected chi connectivity index (χ2v) is 1.57. The number of rotatable bonds is 3. The van der Waals surface area contributed by atoms with Gasteiger partial charge in [0.15, 0.2) is 6.17 Å². The number of nitrogens with two attached hydrogens (primary N) is 1. The predicted octanol–water partition coefficient (Wildman–Crippen LogP) is -0.154. The van der Waals surface area contributed by atoms with Gasteiger partial charge < -0.3 is 10.5 Å². The summed E-state index contributed by atoms with van der Waals surface area (Å²) in [7, 11) is 0. The molecular weight excluding hydrogens is 125 g/mol. The standard InChI is InChI=1S/C5H10FNO2/c1-4(6)5(8)9-3-2-7/h4H,2-3,7H2,1H3/t4-/m0/s1. The molecule has 0 unspecified atom stereocenters. The molecule has 0 aromatic heterocycles. The molecule has 0 aliphatic carbocycles. The zero-order valence-corrected chi connectivity index (χ0v) is 5.26. The zero-order chi connectivity index (χ0) is 7.28. The van der Waals surface area contributed by atoms with E-state index in [4.69, 9.17) is 5.73 Å². The highest BCUT2D eigenvalue weighted by Gasteiger charge is 2.10. The molecule has 0 heterocycles. The third kappa shape index (κ3) is 3.90. The van der Waals surface area contributed by atoms with E-state index in [9.17, 15) is 9.18 Å². The Hall–Kier alpha value is -0.640. The summed E-state index contributed by atoms with van der Waals surface area (Å²) in [5, 5.41) is 0. The first-order valence-corrected chi connectivity index (χ1v) is 2.69. The largest absolute Gasteiger partial charge is 0.462 e. The number of hydrogen-bond donors (Lipinski definition) is 1. The summed E-state index contributed by atoms with van der Waals surface area (Å²) in [6, 6.07) is 0. The summed E-state index contributed by atoms with van der Waals surface area (Å²) < 4.78 is 16.2. The number of carbonyl (C=O) groups is 1. The van der Waals surface area contributed by atoms with Gasteiger partial charge in [-0.3, -0.25) is 0 Å². The van der Waals surface area contributed by atoms with E-state index < -0.39 is 12.1 Å². The first-order valence-electron chi connectivity index (χ1n) is 2.69. The molecule has 0 aliphatic heterocycles. The summed E-state index contributed by atoms with van der Waals surface area (Å²) in [5.41, 5.74) is 4.98. The lowest BCUT2D eigenvalue weighted by Gasteiger charge is -2.01. The molecule has 0 saturated heterocycles.